The van der Waals surface area contributed by atoms with Crippen molar-refractivity contribution in [3.63, 3.8) is 0 Å². The molecule has 0 radical (unpaired) electrons. The van der Waals surface area contributed by atoms with Crippen molar-refractivity contribution >= 4 is 10.9 Å². The number of hydrogen-bond acceptors (Lipinski definition) is 2. The van der Waals surface area contributed by atoms with Crippen molar-refractivity contribution in [2.75, 3.05) is 31.9 Å². The number of likely N-dealkylation sites (N-methyl/N-ethyl adjacent to an activating group) is 1. The van der Waals surface area contributed by atoms with Crippen LogP contribution >= 0.6 is 10.9 Å². The molecule has 0 spiro atoms. The third-order valence-electron chi connectivity index (χ3n) is 2.69. The number of likely N-dealkylation sites (tertiary alicyclic amines) is 1. The average Bonchev–Trinajstić information content (AvgIpc) is 2.28. The van der Waals surface area contributed by atoms with Gasteiger partial charge in [-0.15, -0.1) is 0 Å². The van der Waals surface area contributed by atoms with Crippen LogP contribution < -0.4 is 0 Å². The first kappa shape index (κ1) is 12.3. The van der Waals surface area contributed by atoms with Crippen LogP contribution in [0.25, 0.3) is 0 Å². The van der Waals surface area contributed by atoms with Crippen molar-refractivity contribution in [1.29, 1.82) is 0 Å². The Kier molecular flexibility index (Phi) is 4.74. The lowest BCUT2D eigenvalue weighted by molar-refractivity contribution is 0.0151. The molecule has 0 amide bonds. The van der Waals surface area contributed by atoms with Crippen molar-refractivity contribution in [3.05, 3.63) is 0 Å². The van der Waals surface area contributed by atoms with Crippen LogP contribution in [0.1, 0.15) is 20.3 Å². The molecule has 1 fully saturated rings. The highest BCUT2D eigenvalue weighted by atomic mass is 32.2. The molecule has 2 nitrogen and oxygen atoms in total. The first-order valence-corrected chi connectivity index (χ1v) is 7.91. The van der Waals surface area contributed by atoms with Gasteiger partial charge in [-0.1, -0.05) is 0 Å². The summed E-state index contributed by atoms with van der Waals surface area (Å²) in [6, 6.07) is 0.764. The second kappa shape index (κ2) is 5.38. The monoisotopic (exact) mass is 219 g/mol. The second-order valence-corrected chi connectivity index (χ2v) is 7.42. The molecule has 0 saturated carbocycles. The van der Waals surface area contributed by atoms with Crippen LogP contribution in [0.5, 0.6) is 0 Å². The Balaban J connectivity index is 2.35. The summed E-state index contributed by atoms with van der Waals surface area (Å²) in [7, 11) is 2.45. The molecule has 0 aromatic heterocycles. The number of thiol groups is 1. The molecule has 0 aromatic rings. The zero-order valence-electron chi connectivity index (χ0n) is 10.2. The predicted octanol–water partition coefficient (Wildman–Crippen LogP) is 1.74. The number of hydrogen-bond donors (Lipinski definition) is 1. The Morgan fingerprint density at radius 3 is 2.57 bits per heavy atom. The van der Waals surface area contributed by atoms with E-state index in [0.29, 0.717) is 12.2 Å². The summed E-state index contributed by atoms with van der Waals surface area (Å²) in [5.41, 5.74) is 0. The molecule has 14 heavy (non-hydrogen) atoms. The topological polar surface area (TPSA) is 12.5 Å². The molecule has 0 bridgehead atoms. The predicted molar refractivity (Wildman–Crippen MR) is 66.7 cm³/mol. The van der Waals surface area contributed by atoms with Gasteiger partial charge in [0.15, 0.2) is 0 Å². The maximum Gasteiger partial charge on any atom is 0.0720 e. The summed E-state index contributed by atoms with van der Waals surface area (Å²) < 4.78 is 5.86. The molecule has 0 aromatic carbocycles. The van der Waals surface area contributed by atoms with Crippen molar-refractivity contribution in [3.8, 4) is 0 Å². The fraction of sp³-hybridized carbons (Fsp3) is 1.00. The van der Waals surface area contributed by atoms with Gasteiger partial charge >= 0.3 is 0 Å². The maximum absolute atomic E-state index is 5.86. The molecular formula is C11H25NOS. The Morgan fingerprint density at radius 2 is 2.07 bits per heavy atom. The van der Waals surface area contributed by atoms with Crippen LogP contribution in [0.4, 0.5) is 0 Å². The normalized spacial score (nSPS) is 30.0. The highest BCUT2D eigenvalue weighted by Gasteiger charge is 2.30. The van der Waals surface area contributed by atoms with E-state index >= 15 is 0 Å². The third kappa shape index (κ3) is 3.79. The number of rotatable bonds is 4. The summed E-state index contributed by atoms with van der Waals surface area (Å²) in [4.78, 5) is 2.47. The molecule has 2 atom stereocenters. The minimum absolute atomic E-state index is 0.225. The van der Waals surface area contributed by atoms with E-state index in [1.165, 1.54) is 12.2 Å². The molecule has 1 aliphatic rings. The lowest BCUT2D eigenvalue weighted by Crippen LogP contribution is -2.28. The van der Waals surface area contributed by atoms with Gasteiger partial charge in [0.2, 0.25) is 0 Å². The Bertz CT molecular complexity index is 173. The minimum atomic E-state index is 0.225. The maximum atomic E-state index is 5.86. The van der Waals surface area contributed by atoms with Gasteiger partial charge in [0.1, 0.15) is 0 Å². The van der Waals surface area contributed by atoms with E-state index in [9.17, 15) is 0 Å². The van der Waals surface area contributed by atoms with Crippen LogP contribution in [0.3, 0.4) is 0 Å². The van der Waals surface area contributed by atoms with E-state index < -0.39 is 0 Å². The summed E-state index contributed by atoms with van der Waals surface area (Å²) in [5.74, 6) is 1.36. The van der Waals surface area contributed by atoms with Gasteiger partial charge in [-0.3, -0.25) is 15.8 Å². The molecule has 1 aliphatic heterocycles. The Hall–Kier alpha value is 0.270. The highest BCUT2D eigenvalue weighted by molar-refractivity contribution is 8.15. The molecule has 0 N–H and O–H groups in total. The SMILES string of the molecule is CC(C)OC1CC(C[SH](C)C)N(C)C1. The fourth-order valence-corrected chi connectivity index (χ4v) is 3.42. The molecule has 1 saturated heterocycles. The summed E-state index contributed by atoms with van der Waals surface area (Å²) in [6.07, 6.45) is 6.80. The molecular weight excluding hydrogens is 194 g/mol. The van der Waals surface area contributed by atoms with Crippen LogP contribution in [0.2, 0.25) is 0 Å². The van der Waals surface area contributed by atoms with Crippen LogP contribution in [-0.2, 0) is 4.74 Å². The smallest absolute Gasteiger partial charge is 0.0720 e. The van der Waals surface area contributed by atoms with Crippen molar-refractivity contribution in [2.24, 2.45) is 0 Å². The summed E-state index contributed by atoms with van der Waals surface area (Å²) in [5, 5.41) is 0. The Morgan fingerprint density at radius 1 is 1.43 bits per heavy atom. The lowest BCUT2D eigenvalue weighted by Gasteiger charge is -2.22. The van der Waals surface area contributed by atoms with E-state index in [1.54, 1.807) is 0 Å². The van der Waals surface area contributed by atoms with E-state index in [2.05, 4.69) is 38.3 Å². The standard InChI is InChI=1S/C11H25NOS/c1-9(2)13-11-6-10(8-14(4)5)12(3)7-11/h9-11,14H,6-8H2,1-5H3. The molecule has 0 aliphatic carbocycles. The average molecular weight is 219 g/mol. The van der Waals surface area contributed by atoms with Crippen molar-refractivity contribution in [1.82, 2.24) is 4.90 Å². The van der Waals surface area contributed by atoms with Gasteiger partial charge < -0.3 is 4.74 Å². The van der Waals surface area contributed by atoms with Gasteiger partial charge in [0, 0.05) is 12.6 Å². The number of nitrogens with zero attached hydrogens (tertiary/aromatic N) is 1. The van der Waals surface area contributed by atoms with E-state index in [-0.39, 0.29) is 10.9 Å². The van der Waals surface area contributed by atoms with E-state index in [1.807, 2.05) is 0 Å². The van der Waals surface area contributed by atoms with Crippen molar-refractivity contribution < 1.29 is 4.74 Å². The lowest BCUT2D eigenvalue weighted by atomic mass is 10.2. The third-order valence-corrected chi connectivity index (χ3v) is 3.84. The van der Waals surface area contributed by atoms with Gasteiger partial charge in [-0.2, -0.15) is 0 Å². The van der Waals surface area contributed by atoms with Crippen LogP contribution in [-0.4, -0.2) is 55.0 Å². The Labute approximate surface area is 91.3 Å². The van der Waals surface area contributed by atoms with Gasteiger partial charge in [-0.05, 0) is 45.6 Å². The molecule has 1 rings (SSSR count). The van der Waals surface area contributed by atoms with Crippen LogP contribution in [0.15, 0.2) is 0 Å². The van der Waals surface area contributed by atoms with Crippen LogP contribution in [0, 0.1) is 0 Å². The molecule has 3 heteroatoms. The zero-order valence-corrected chi connectivity index (χ0v) is 11.1. The minimum Gasteiger partial charge on any atom is -0.374 e. The fourth-order valence-electron chi connectivity index (χ4n) is 2.15. The molecule has 86 valence electrons. The first-order chi connectivity index (χ1) is 6.49. The highest BCUT2D eigenvalue weighted by Crippen LogP contribution is 2.26. The first-order valence-electron chi connectivity index (χ1n) is 5.49. The largest absolute Gasteiger partial charge is 0.374 e. The van der Waals surface area contributed by atoms with Gasteiger partial charge in [0.05, 0.1) is 12.2 Å². The number of ether oxygens (including phenoxy) is 1. The molecule has 1 heterocycles. The summed E-state index contributed by atoms with van der Waals surface area (Å²) in [6.45, 7) is 5.37. The van der Waals surface area contributed by atoms with Crippen molar-refractivity contribution in [2.45, 2.75) is 38.5 Å². The molecule has 2 unspecified atom stereocenters. The van der Waals surface area contributed by atoms with Gasteiger partial charge in [0.25, 0.3) is 0 Å². The van der Waals surface area contributed by atoms with E-state index in [4.69, 9.17) is 4.74 Å². The second-order valence-electron chi connectivity index (χ2n) is 4.90. The van der Waals surface area contributed by atoms with Gasteiger partial charge in [-0.25, -0.2) is 0 Å². The quantitative estimate of drug-likeness (QED) is 0.723. The van der Waals surface area contributed by atoms with E-state index in [0.717, 1.165) is 12.6 Å². The zero-order chi connectivity index (χ0) is 10.7. The summed E-state index contributed by atoms with van der Waals surface area (Å²) >= 11 is 0.